The van der Waals surface area contributed by atoms with E-state index >= 15 is 0 Å². The number of ether oxygens (including phenoxy) is 1. The van der Waals surface area contributed by atoms with E-state index in [4.69, 9.17) is 9.72 Å². The van der Waals surface area contributed by atoms with Crippen molar-refractivity contribution in [3.8, 4) is 11.3 Å². The summed E-state index contributed by atoms with van der Waals surface area (Å²) >= 11 is 0. The molecule has 146 valence electrons. The third-order valence-corrected chi connectivity index (χ3v) is 5.51. The highest BCUT2D eigenvalue weighted by Gasteiger charge is 2.22. The first kappa shape index (κ1) is 18.5. The highest BCUT2D eigenvalue weighted by molar-refractivity contribution is 5.78. The molecule has 1 saturated heterocycles. The number of rotatable bonds is 4. The molecule has 6 nitrogen and oxygen atoms in total. The van der Waals surface area contributed by atoms with Crippen LogP contribution in [0.1, 0.15) is 11.3 Å². The Morgan fingerprint density at radius 1 is 1.11 bits per heavy atom. The van der Waals surface area contributed by atoms with Gasteiger partial charge >= 0.3 is 0 Å². The molecule has 1 aromatic carbocycles. The van der Waals surface area contributed by atoms with Crippen LogP contribution in [0, 0.1) is 13.8 Å². The minimum absolute atomic E-state index is 0.0621. The molecule has 1 aliphatic rings. The predicted molar refractivity (Wildman–Crippen MR) is 111 cm³/mol. The number of fused-ring (bicyclic) bond motifs is 1. The molecule has 3 heterocycles. The van der Waals surface area contributed by atoms with Crippen LogP contribution in [-0.2, 0) is 9.53 Å². The third-order valence-electron chi connectivity index (χ3n) is 5.51. The molecule has 0 saturated carbocycles. The quantitative estimate of drug-likeness (QED) is 0.700. The van der Waals surface area contributed by atoms with Gasteiger partial charge in [0.15, 0.2) is 0 Å². The van der Waals surface area contributed by atoms with E-state index in [-0.39, 0.29) is 12.5 Å². The molecule has 2 aromatic heterocycles. The summed E-state index contributed by atoms with van der Waals surface area (Å²) in [5, 5.41) is 0. The lowest BCUT2D eigenvalue weighted by Gasteiger charge is -2.36. The van der Waals surface area contributed by atoms with Gasteiger partial charge in [-0.25, -0.2) is 4.98 Å². The second-order valence-electron chi connectivity index (χ2n) is 7.27. The average molecular weight is 378 g/mol. The molecule has 0 bridgehead atoms. The number of piperazine rings is 1. The Hall–Kier alpha value is -2.86. The van der Waals surface area contributed by atoms with Crippen molar-refractivity contribution in [2.75, 3.05) is 44.8 Å². The van der Waals surface area contributed by atoms with Gasteiger partial charge in [0, 0.05) is 56.4 Å². The Balaban J connectivity index is 1.60. The first-order valence-electron chi connectivity index (χ1n) is 9.65. The molecule has 1 amide bonds. The second kappa shape index (κ2) is 7.64. The van der Waals surface area contributed by atoms with Gasteiger partial charge in [-0.2, -0.15) is 0 Å². The van der Waals surface area contributed by atoms with Crippen LogP contribution in [0.25, 0.3) is 16.9 Å². The van der Waals surface area contributed by atoms with Crippen LogP contribution in [0.2, 0.25) is 0 Å². The number of benzene rings is 1. The normalized spacial score (nSPS) is 14.7. The molecule has 4 rings (SSSR count). The molecule has 0 atom stereocenters. The Morgan fingerprint density at radius 2 is 1.89 bits per heavy atom. The first-order chi connectivity index (χ1) is 13.6. The van der Waals surface area contributed by atoms with Gasteiger partial charge in [0.05, 0.1) is 5.69 Å². The second-order valence-corrected chi connectivity index (χ2v) is 7.27. The molecule has 0 aliphatic carbocycles. The molecule has 28 heavy (non-hydrogen) atoms. The number of methoxy groups -OCH3 is 1. The largest absolute Gasteiger partial charge is 0.375 e. The maximum atomic E-state index is 12.0. The number of hydrogen-bond acceptors (Lipinski definition) is 4. The molecule has 0 unspecified atom stereocenters. The average Bonchev–Trinajstić information content (AvgIpc) is 3.05. The number of anilines is 1. The number of aromatic nitrogens is 2. The maximum absolute atomic E-state index is 12.0. The minimum Gasteiger partial charge on any atom is -0.375 e. The molecule has 1 fully saturated rings. The predicted octanol–water partition coefficient (Wildman–Crippen LogP) is 2.91. The SMILES string of the molecule is COCC(=O)N1CCN(c2ccc(C)c(-c3nc4ccccn4c3C)c2)CC1. The molecule has 6 heteroatoms. The summed E-state index contributed by atoms with van der Waals surface area (Å²) < 4.78 is 7.10. The summed E-state index contributed by atoms with van der Waals surface area (Å²) in [6.45, 7) is 7.48. The summed E-state index contributed by atoms with van der Waals surface area (Å²) in [4.78, 5) is 21.1. The van der Waals surface area contributed by atoms with Crippen LogP contribution in [0.15, 0.2) is 42.6 Å². The smallest absolute Gasteiger partial charge is 0.248 e. The fraction of sp³-hybridized carbons (Fsp3) is 0.364. The molecule has 1 aliphatic heterocycles. The lowest BCUT2D eigenvalue weighted by atomic mass is 10.0. The lowest BCUT2D eigenvalue weighted by Crippen LogP contribution is -2.49. The van der Waals surface area contributed by atoms with Gasteiger partial charge in [0.1, 0.15) is 12.3 Å². The topological polar surface area (TPSA) is 50.1 Å². The molecule has 0 radical (unpaired) electrons. The number of carbonyl (C=O) groups excluding carboxylic acids is 1. The van der Waals surface area contributed by atoms with Gasteiger partial charge in [-0.15, -0.1) is 0 Å². The van der Waals surface area contributed by atoms with Crippen molar-refractivity contribution in [3.63, 3.8) is 0 Å². The Bertz CT molecular complexity index is 1000. The summed E-state index contributed by atoms with van der Waals surface area (Å²) in [5.41, 5.74) is 6.69. The fourth-order valence-corrected chi connectivity index (χ4v) is 3.86. The van der Waals surface area contributed by atoms with Crippen LogP contribution >= 0.6 is 0 Å². The van der Waals surface area contributed by atoms with Crippen molar-refractivity contribution >= 4 is 17.2 Å². The van der Waals surface area contributed by atoms with Crippen molar-refractivity contribution in [1.82, 2.24) is 14.3 Å². The van der Waals surface area contributed by atoms with E-state index in [1.165, 1.54) is 11.3 Å². The number of hydrogen-bond donors (Lipinski definition) is 0. The van der Waals surface area contributed by atoms with Crippen LogP contribution in [0.5, 0.6) is 0 Å². The van der Waals surface area contributed by atoms with Gasteiger partial charge in [-0.05, 0) is 43.7 Å². The number of amides is 1. The van der Waals surface area contributed by atoms with E-state index in [0.29, 0.717) is 0 Å². The number of pyridine rings is 1. The van der Waals surface area contributed by atoms with E-state index in [1.54, 1.807) is 7.11 Å². The van der Waals surface area contributed by atoms with Crippen LogP contribution in [0.3, 0.4) is 0 Å². The van der Waals surface area contributed by atoms with Crippen LogP contribution in [-0.4, -0.2) is 60.1 Å². The van der Waals surface area contributed by atoms with Crippen LogP contribution in [0.4, 0.5) is 5.69 Å². The van der Waals surface area contributed by atoms with Crippen molar-refractivity contribution in [2.45, 2.75) is 13.8 Å². The van der Waals surface area contributed by atoms with E-state index in [2.05, 4.69) is 47.5 Å². The molecule has 3 aromatic rings. The summed E-state index contributed by atoms with van der Waals surface area (Å²) in [5.74, 6) is 0.0621. The summed E-state index contributed by atoms with van der Waals surface area (Å²) in [6, 6.07) is 12.6. The number of carbonyl (C=O) groups is 1. The van der Waals surface area contributed by atoms with Crippen molar-refractivity contribution in [1.29, 1.82) is 0 Å². The van der Waals surface area contributed by atoms with E-state index in [0.717, 1.165) is 48.8 Å². The molecule has 0 spiro atoms. The highest BCUT2D eigenvalue weighted by Crippen LogP contribution is 2.31. The Morgan fingerprint density at radius 3 is 2.61 bits per heavy atom. The lowest BCUT2D eigenvalue weighted by molar-refractivity contribution is -0.135. The molecular formula is C22H26N4O2. The standard InChI is InChI=1S/C22H26N4O2/c1-16-7-8-18(24-10-12-25(13-11-24)21(27)15-28-3)14-19(16)22-17(2)26-9-5-4-6-20(26)23-22/h4-9,14H,10-13,15H2,1-3H3. The maximum Gasteiger partial charge on any atom is 0.248 e. The summed E-state index contributed by atoms with van der Waals surface area (Å²) in [6.07, 6.45) is 2.05. The molecule has 0 N–H and O–H groups in total. The van der Waals surface area contributed by atoms with Gasteiger partial charge < -0.3 is 18.9 Å². The zero-order chi connectivity index (χ0) is 19.7. The zero-order valence-electron chi connectivity index (χ0n) is 16.7. The summed E-state index contributed by atoms with van der Waals surface area (Å²) in [7, 11) is 1.56. The van der Waals surface area contributed by atoms with Crippen molar-refractivity contribution in [2.24, 2.45) is 0 Å². The minimum atomic E-state index is 0.0621. The Kier molecular flexibility index (Phi) is 5.05. The highest BCUT2D eigenvalue weighted by atomic mass is 16.5. The monoisotopic (exact) mass is 378 g/mol. The van der Waals surface area contributed by atoms with E-state index < -0.39 is 0 Å². The van der Waals surface area contributed by atoms with Gasteiger partial charge in [0.25, 0.3) is 0 Å². The number of imidazole rings is 1. The number of nitrogens with zero attached hydrogens (tertiary/aromatic N) is 4. The first-order valence-corrected chi connectivity index (χ1v) is 9.65. The van der Waals surface area contributed by atoms with E-state index in [1.807, 2.05) is 23.1 Å². The van der Waals surface area contributed by atoms with Gasteiger partial charge in [-0.3, -0.25) is 4.79 Å². The Labute approximate surface area is 165 Å². The third kappa shape index (κ3) is 3.36. The van der Waals surface area contributed by atoms with Crippen molar-refractivity contribution in [3.05, 3.63) is 53.9 Å². The van der Waals surface area contributed by atoms with Gasteiger partial charge in [-0.1, -0.05) is 12.1 Å². The van der Waals surface area contributed by atoms with Crippen molar-refractivity contribution < 1.29 is 9.53 Å². The fourth-order valence-electron chi connectivity index (χ4n) is 3.86. The van der Waals surface area contributed by atoms with Gasteiger partial charge in [0.2, 0.25) is 5.91 Å². The molecular weight excluding hydrogens is 352 g/mol. The van der Waals surface area contributed by atoms with E-state index in [9.17, 15) is 4.79 Å². The van der Waals surface area contributed by atoms with Crippen LogP contribution < -0.4 is 4.90 Å². The zero-order valence-corrected chi connectivity index (χ0v) is 16.7. The number of aryl methyl sites for hydroxylation is 2.